The van der Waals surface area contributed by atoms with Gasteiger partial charge in [0.1, 0.15) is 0 Å². The fraction of sp³-hybridized carbons (Fsp3) is 0.190. The minimum absolute atomic E-state index is 1.00. The van der Waals surface area contributed by atoms with Gasteiger partial charge in [0.05, 0.1) is 17.1 Å². The largest absolute Gasteiger partial charge is 0.341 e. The molecular weight excluding hydrogens is 294 g/mol. The lowest BCUT2D eigenvalue weighted by atomic mass is 10.0. The number of benzene rings is 2. The van der Waals surface area contributed by atoms with E-state index in [1.54, 1.807) is 0 Å². The van der Waals surface area contributed by atoms with Crippen molar-refractivity contribution >= 4 is 27.8 Å². The van der Waals surface area contributed by atoms with E-state index in [4.69, 9.17) is 4.98 Å². The second-order valence-corrected chi connectivity index (χ2v) is 6.38. The number of nitrogens with zero attached hydrogens (tertiary/aromatic N) is 3. The van der Waals surface area contributed by atoms with Crippen LogP contribution in [0.25, 0.3) is 16.4 Å². The molecule has 4 aromatic rings. The van der Waals surface area contributed by atoms with E-state index >= 15 is 0 Å². The maximum atomic E-state index is 4.79. The summed E-state index contributed by atoms with van der Waals surface area (Å²) in [6, 6.07) is 17.2. The van der Waals surface area contributed by atoms with Crippen molar-refractivity contribution in [1.82, 2.24) is 9.38 Å². The van der Waals surface area contributed by atoms with E-state index in [-0.39, 0.29) is 0 Å². The van der Waals surface area contributed by atoms with Gasteiger partial charge in [0.2, 0.25) is 0 Å². The van der Waals surface area contributed by atoms with E-state index in [9.17, 15) is 0 Å². The van der Waals surface area contributed by atoms with Crippen molar-refractivity contribution in [1.29, 1.82) is 0 Å². The van der Waals surface area contributed by atoms with Crippen LogP contribution in [0.2, 0.25) is 0 Å². The second-order valence-electron chi connectivity index (χ2n) is 6.38. The normalized spacial score (nSPS) is 11.3. The molecule has 3 nitrogen and oxygen atoms in total. The molecule has 0 bridgehead atoms. The Bertz CT molecular complexity index is 1060. The van der Waals surface area contributed by atoms with Crippen molar-refractivity contribution in [2.75, 3.05) is 11.9 Å². The highest BCUT2D eigenvalue weighted by atomic mass is 15.2. The number of imidazole rings is 1. The highest BCUT2D eigenvalue weighted by Gasteiger charge is 2.16. The van der Waals surface area contributed by atoms with Gasteiger partial charge in [-0.2, -0.15) is 0 Å². The van der Waals surface area contributed by atoms with Crippen molar-refractivity contribution in [3.05, 3.63) is 71.7 Å². The van der Waals surface area contributed by atoms with Crippen LogP contribution in [0.5, 0.6) is 0 Å². The van der Waals surface area contributed by atoms with Crippen molar-refractivity contribution in [3.63, 3.8) is 0 Å². The van der Waals surface area contributed by atoms with E-state index in [2.05, 4.69) is 91.8 Å². The molecule has 2 aromatic heterocycles. The second kappa shape index (κ2) is 5.38. The molecule has 24 heavy (non-hydrogen) atoms. The summed E-state index contributed by atoms with van der Waals surface area (Å²) in [6.07, 6.45) is 2.08. The number of rotatable bonds is 2. The van der Waals surface area contributed by atoms with Crippen molar-refractivity contribution < 1.29 is 0 Å². The van der Waals surface area contributed by atoms with Gasteiger partial charge in [-0.15, -0.1) is 0 Å². The van der Waals surface area contributed by atoms with Crippen molar-refractivity contribution in [3.8, 4) is 0 Å². The highest BCUT2D eigenvalue weighted by Crippen LogP contribution is 2.36. The molecule has 0 N–H and O–H groups in total. The smallest absolute Gasteiger partial charge is 0.161 e. The third-order valence-electron chi connectivity index (χ3n) is 4.90. The number of aromatic nitrogens is 2. The number of hydrogen-bond acceptors (Lipinski definition) is 2. The van der Waals surface area contributed by atoms with Gasteiger partial charge in [-0.25, -0.2) is 4.98 Å². The number of aryl methyl sites for hydroxylation is 3. The number of anilines is 2. The highest BCUT2D eigenvalue weighted by molar-refractivity contribution is 5.98. The molecular formula is C21H21N3. The molecule has 0 radical (unpaired) electrons. The van der Waals surface area contributed by atoms with Crippen LogP contribution in [-0.2, 0) is 0 Å². The quantitative estimate of drug-likeness (QED) is 0.508. The lowest BCUT2D eigenvalue weighted by Crippen LogP contribution is -2.13. The Labute approximate surface area is 142 Å². The summed E-state index contributed by atoms with van der Waals surface area (Å²) in [5, 5.41) is 2.52. The molecule has 0 amide bonds. The van der Waals surface area contributed by atoms with E-state index in [0.29, 0.717) is 0 Å². The van der Waals surface area contributed by atoms with E-state index < -0.39 is 0 Å². The average molecular weight is 315 g/mol. The molecule has 2 aromatic carbocycles. The zero-order valence-electron chi connectivity index (χ0n) is 14.5. The fourth-order valence-corrected chi connectivity index (χ4v) is 3.48. The van der Waals surface area contributed by atoms with E-state index in [0.717, 1.165) is 17.0 Å². The molecule has 0 aliphatic heterocycles. The van der Waals surface area contributed by atoms with Gasteiger partial charge in [0, 0.05) is 24.3 Å². The first-order valence-corrected chi connectivity index (χ1v) is 8.24. The van der Waals surface area contributed by atoms with Crippen LogP contribution in [0, 0.1) is 20.8 Å². The van der Waals surface area contributed by atoms with Crippen LogP contribution in [0.3, 0.4) is 0 Å². The van der Waals surface area contributed by atoms with Gasteiger partial charge in [-0.05, 0) is 43.9 Å². The first kappa shape index (κ1) is 14.8. The van der Waals surface area contributed by atoms with Crippen molar-refractivity contribution in [2.45, 2.75) is 20.8 Å². The molecule has 2 heterocycles. The summed E-state index contributed by atoms with van der Waals surface area (Å²) in [6.45, 7) is 6.35. The minimum Gasteiger partial charge on any atom is -0.341 e. The molecule has 0 fully saturated rings. The molecule has 4 rings (SSSR count). The van der Waals surface area contributed by atoms with Crippen molar-refractivity contribution in [2.24, 2.45) is 0 Å². The third kappa shape index (κ3) is 2.08. The molecule has 120 valence electrons. The molecule has 0 aliphatic carbocycles. The Balaban J connectivity index is 1.99. The zero-order valence-corrected chi connectivity index (χ0v) is 14.5. The standard InChI is InChI=1S/C21H21N3/c1-14-11-12-17-8-5-6-9-18(17)20(14)23(4)19-10-7-13-24-16(3)15(2)22-21(19)24/h5-13H,1-4H3. The van der Waals surface area contributed by atoms with Crippen LogP contribution >= 0.6 is 0 Å². The summed E-state index contributed by atoms with van der Waals surface area (Å²) >= 11 is 0. The lowest BCUT2D eigenvalue weighted by molar-refractivity contribution is 1.08. The van der Waals surface area contributed by atoms with Gasteiger partial charge in [0.25, 0.3) is 0 Å². The van der Waals surface area contributed by atoms with Crippen LogP contribution in [0.15, 0.2) is 54.7 Å². The Morgan fingerprint density at radius 1 is 0.917 bits per heavy atom. The SMILES string of the molecule is Cc1ccc2ccccc2c1N(C)c1cccn2c(C)c(C)nc12. The predicted molar refractivity (Wildman–Crippen MR) is 101 cm³/mol. The lowest BCUT2D eigenvalue weighted by Gasteiger charge is -2.24. The molecule has 0 saturated heterocycles. The first-order chi connectivity index (χ1) is 11.6. The van der Waals surface area contributed by atoms with Gasteiger partial charge >= 0.3 is 0 Å². The summed E-state index contributed by atoms with van der Waals surface area (Å²) in [4.78, 5) is 7.05. The van der Waals surface area contributed by atoms with Crippen LogP contribution in [0.1, 0.15) is 17.0 Å². The number of pyridine rings is 1. The minimum atomic E-state index is 1.00. The molecule has 0 aliphatic rings. The van der Waals surface area contributed by atoms with Gasteiger partial charge in [-0.1, -0.05) is 36.4 Å². The molecule has 0 atom stereocenters. The van der Waals surface area contributed by atoms with Gasteiger partial charge < -0.3 is 9.30 Å². The predicted octanol–water partition coefficient (Wildman–Crippen LogP) is 5.18. The third-order valence-corrected chi connectivity index (χ3v) is 4.90. The summed E-state index contributed by atoms with van der Waals surface area (Å²) in [5.41, 5.74) is 6.88. The molecule has 3 heteroatoms. The van der Waals surface area contributed by atoms with E-state index in [1.807, 2.05) is 0 Å². The van der Waals surface area contributed by atoms with Crippen LogP contribution in [-0.4, -0.2) is 16.4 Å². The fourth-order valence-electron chi connectivity index (χ4n) is 3.48. The van der Waals surface area contributed by atoms with Crippen LogP contribution < -0.4 is 4.90 Å². The Kier molecular flexibility index (Phi) is 3.31. The molecule has 0 unspecified atom stereocenters. The topological polar surface area (TPSA) is 20.5 Å². The maximum Gasteiger partial charge on any atom is 0.161 e. The summed E-state index contributed by atoms with van der Waals surface area (Å²) in [7, 11) is 2.13. The van der Waals surface area contributed by atoms with Crippen LogP contribution in [0.4, 0.5) is 11.4 Å². The average Bonchev–Trinajstić information content (AvgIpc) is 2.89. The summed E-state index contributed by atoms with van der Waals surface area (Å²) in [5.74, 6) is 0. The zero-order chi connectivity index (χ0) is 16.8. The van der Waals surface area contributed by atoms with Gasteiger partial charge in [-0.3, -0.25) is 0 Å². The van der Waals surface area contributed by atoms with Gasteiger partial charge in [0.15, 0.2) is 5.65 Å². The maximum absolute atomic E-state index is 4.79. The number of fused-ring (bicyclic) bond motifs is 2. The monoisotopic (exact) mass is 315 g/mol. The Morgan fingerprint density at radius 2 is 1.71 bits per heavy atom. The first-order valence-electron chi connectivity index (χ1n) is 8.24. The Hall–Kier alpha value is -2.81. The Morgan fingerprint density at radius 3 is 2.54 bits per heavy atom. The molecule has 0 spiro atoms. The van der Waals surface area contributed by atoms with E-state index in [1.165, 1.54) is 27.7 Å². The summed E-state index contributed by atoms with van der Waals surface area (Å²) < 4.78 is 2.17. The number of hydrogen-bond donors (Lipinski definition) is 0. The molecule has 0 saturated carbocycles.